The van der Waals surface area contributed by atoms with Gasteiger partial charge in [0, 0.05) is 6.54 Å². The van der Waals surface area contributed by atoms with E-state index in [9.17, 15) is 4.79 Å². The Balaban J connectivity index is 2.74. The Morgan fingerprint density at radius 3 is 2.65 bits per heavy atom. The van der Waals surface area contributed by atoms with Crippen LogP contribution < -0.4 is 11.1 Å². The highest BCUT2D eigenvalue weighted by Crippen LogP contribution is 2.23. The van der Waals surface area contributed by atoms with Gasteiger partial charge in [0.05, 0.1) is 16.9 Å². The SMILES string of the molecule is CC(C)CNC(=O)CSc1nc(N)c(C#N)cc1C#N. The fraction of sp³-hybridized carbons (Fsp3) is 0.385. The van der Waals surface area contributed by atoms with Gasteiger partial charge in [-0.2, -0.15) is 10.5 Å². The Bertz CT molecular complexity index is 586. The van der Waals surface area contributed by atoms with Crippen molar-refractivity contribution in [1.29, 1.82) is 10.5 Å². The smallest absolute Gasteiger partial charge is 0.230 e. The monoisotopic (exact) mass is 289 g/mol. The fourth-order valence-corrected chi connectivity index (χ4v) is 2.09. The van der Waals surface area contributed by atoms with Crippen molar-refractivity contribution in [2.75, 3.05) is 18.0 Å². The highest BCUT2D eigenvalue weighted by Gasteiger charge is 2.12. The molecule has 0 saturated carbocycles. The second kappa shape index (κ2) is 7.37. The van der Waals surface area contributed by atoms with E-state index in [2.05, 4.69) is 10.3 Å². The quantitative estimate of drug-likeness (QED) is 0.789. The number of pyridine rings is 1. The lowest BCUT2D eigenvalue weighted by atomic mass is 10.2. The van der Waals surface area contributed by atoms with Gasteiger partial charge in [0.15, 0.2) is 0 Å². The van der Waals surface area contributed by atoms with Crippen LogP contribution in [0.3, 0.4) is 0 Å². The van der Waals surface area contributed by atoms with E-state index in [1.807, 2.05) is 26.0 Å². The molecular formula is C13H15N5OS. The Hall–Kier alpha value is -2.25. The maximum absolute atomic E-state index is 11.6. The topological polar surface area (TPSA) is 116 Å². The van der Waals surface area contributed by atoms with Gasteiger partial charge in [-0.25, -0.2) is 4.98 Å². The van der Waals surface area contributed by atoms with E-state index in [1.54, 1.807) is 0 Å². The standard InChI is InChI=1S/C13H15N5OS/c1-8(2)6-17-11(19)7-20-13-10(5-15)3-9(4-14)12(16)18-13/h3,8H,6-7H2,1-2H3,(H2,16,18)(H,17,19). The van der Waals surface area contributed by atoms with Crippen LogP contribution in [-0.4, -0.2) is 23.2 Å². The van der Waals surface area contributed by atoms with Gasteiger partial charge in [-0.1, -0.05) is 25.6 Å². The Morgan fingerprint density at radius 2 is 2.10 bits per heavy atom. The summed E-state index contributed by atoms with van der Waals surface area (Å²) in [5, 5.41) is 21.0. The average molecular weight is 289 g/mol. The Kier molecular flexibility index (Phi) is 5.82. The van der Waals surface area contributed by atoms with E-state index < -0.39 is 0 Å². The molecule has 0 saturated heterocycles. The van der Waals surface area contributed by atoms with Crippen molar-refractivity contribution < 1.29 is 4.79 Å². The Morgan fingerprint density at radius 1 is 1.45 bits per heavy atom. The molecule has 0 aliphatic carbocycles. The molecule has 0 bridgehead atoms. The number of nitrogens with zero attached hydrogens (tertiary/aromatic N) is 3. The van der Waals surface area contributed by atoms with Crippen LogP contribution in [0.5, 0.6) is 0 Å². The van der Waals surface area contributed by atoms with Gasteiger partial charge in [-0.3, -0.25) is 4.79 Å². The number of nitriles is 2. The van der Waals surface area contributed by atoms with Crippen molar-refractivity contribution in [3.63, 3.8) is 0 Å². The van der Waals surface area contributed by atoms with Gasteiger partial charge in [-0.05, 0) is 12.0 Å². The minimum absolute atomic E-state index is 0.0663. The van der Waals surface area contributed by atoms with E-state index in [1.165, 1.54) is 6.07 Å². The highest BCUT2D eigenvalue weighted by atomic mass is 32.2. The van der Waals surface area contributed by atoms with Crippen LogP contribution >= 0.6 is 11.8 Å². The van der Waals surface area contributed by atoms with Crippen LogP contribution in [0, 0.1) is 28.6 Å². The molecule has 0 aromatic carbocycles. The first kappa shape index (κ1) is 15.8. The third-order valence-electron chi connectivity index (χ3n) is 2.31. The molecule has 104 valence electrons. The lowest BCUT2D eigenvalue weighted by Gasteiger charge is -2.08. The molecule has 0 aliphatic heterocycles. The summed E-state index contributed by atoms with van der Waals surface area (Å²) in [6.07, 6.45) is 0. The molecule has 7 heteroatoms. The number of hydrogen-bond acceptors (Lipinski definition) is 6. The molecule has 1 rings (SSSR count). The molecule has 1 heterocycles. The zero-order valence-corrected chi connectivity index (χ0v) is 12.1. The largest absolute Gasteiger partial charge is 0.383 e. The summed E-state index contributed by atoms with van der Waals surface area (Å²) in [5.41, 5.74) is 6.01. The van der Waals surface area contributed by atoms with Crippen molar-refractivity contribution in [2.45, 2.75) is 18.9 Å². The molecule has 1 amide bonds. The van der Waals surface area contributed by atoms with Crippen molar-refractivity contribution in [2.24, 2.45) is 5.92 Å². The molecule has 0 aliphatic rings. The minimum Gasteiger partial charge on any atom is -0.383 e. The summed E-state index contributed by atoms with van der Waals surface area (Å²) in [6, 6.07) is 5.20. The van der Waals surface area contributed by atoms with Crippen LogP contribution in [0.2, 0.25) is 0 Å². The number of nitrogen functional groups attached to an aromatic ring is 1. The first-order valence-corrected chi connectivity index (χ1v) is 6.96. The molecule has 1 aromatic heterocycles. The summed E-state index contributed by atoms with van der Waals surface area (Å²) in [7, 11) is 0. The number of nitrogens with one attached hydrogen (secondary N) is 1. The number of hydrogen-bond donors (Lipinski definition) is 2. The molecule has 0 spiro atoms. The van der Waals surface area contributed by atoms with Crippen molar-refractivity contribution >= 4 is 23.5 Å². The van der Waals surface area contributed by atoms with Gasteiger partial charge < -0.3 is 11.1 Å². The Labute approximate surface area is 122 Å². The lowest BCUT2D eigenvalue weighted by Crippen LogP contribution is -2.28. The first-order chi connectivity index (χ1) is 9.47. The van der Waals surface area contributed by atoms with Gasteiger partial charge in [-0.15, -0.1) is 0 Å². The number of rotatable bonds is 5. The molecule has 0 atom stereocenters. The summed E-state index contributed by atoms with van der Waals surface area (Å²) in [5.74, 6) is 0.468. The van der Waals surface area contributed by atoms with Crippen LogP contribution in [0.4, 0.5) is 5.82 Å². The molecule has 1 aromatic rings. The molecule has 0 unspecified atom stereocenters. The van der Waals surface area contributed by atoms with E-state index in [0.717, 1.165) is 11.8 Å². The maximum Gasteiger partial charge on any atom is 0.230 e. The molecular weight excluding hydrogens is 274 g/mol. The normalized spacial score (nSPS) is 9.85. The minimum atomic E-state index is -0.127. The number of nitrogens with two attached hydrogens (primary N) is 1. The molecule has 0 fully saturated rings. The van der Waals surface area contributed by atoms with Crippen LogP contribution in [0.1, 0.15) is 25.0 Å². The summed E-state index contributed by atoms with van der Waals surface area (Å²) in [6.45, 7) is 4.61. The second-order valence-electron chi connectivity index (χ2n) is 4.48. The molecule has 0 radical (unpaired) electrons. The predicted molar refractivity (Wildman–Crippen MR) is 76.7 cm³/mol. The third-order valence-corrected chi connectivity index (χ3v) is 3.30. The average Bonchev–Trinajstić information content (AvgIpc) is 2.42. The number of anilines is 1. The van der Waals surface area contributed by atoms with Gasteiger partial charge in [0.2, 0.25) is 5.91 Å². The number of carbonyl (C=O) groups is 1. The summed E-state index contributed by atoms with van der Waals surface area (Å²) >= 11 is 1.13. The van der Waals surface area contributed by atoms with Gasteiger partial charge in [0.25, 0.3) is 0 Å². The molecule has 3 N–H and O–H groups in total. The van der Waals surface area contributed by atoms with Crippen molar-refractivity contribution in [3.8, 4) is 12.1 Å². The molecule has 6 nitrogen and oxygen atoms in total. The van der Waals surface area contributed by atoms with E-state index in [-0.39, 0.29) is 28.6 Å². The zero-order chi connectivity index (χ0) is 15.1. The number of aromatic nitrogens is 1. The predicted octanol–water partition coefficient (Wildman–Crippen LogP) is 1.27. The fourth-order valence-electron chi connectivity index (χ4n) is 1.29. The van der Waals surface area contributed by atoms with Crippen molar-refractivity contribution in [3.05, 3.63) is 17.2 Å². The second-order valence-corrected chi connectivity index (χ2v) is 5.45. The number of carbonyl (C=O) groups excluding carboxylic acids is 1. The zero-order valence-electron chi connectivity index (χ0n) is 11.3. The van der Waals surface area contributed by atoms with Crippen molar-refractivity contribution in [1.82, 2.24) is 10.3 Å². The summed E-state index contributed by atoms with van der Waals surface area (Å²) < 4.78 is 0. The van der Waals surface area contributed by atoms with Crippen LogP contribution in [-0.2, 0) is 4.79 Å². The van der Waals surface area contributed by atoms with Gasteiger partial charge >= 0.3 is 0 Å². The lowest BCUT2D eigenvalue weighted by molar-refractivity contribution is -0.118. The molecule has 20 heavy (non-hydrogen) atoms. The maximum atomic E-state index is 11.6. The van der Waals surface area contributed by atoms with Crippen LogP contribution in [0.15, 0.2) is 11.1 Å². The van der Waals surface area contributed by atoms with E-state index in [4.69, 9.17) is 16.3 Å². The third kappa shape index (κ3) is 4.45. The van der Waals surface area contributed by atoms with E-state index in [0.29, 0.717) is 17.5 Å². The van der Waals surface area contributed by atoms with E-state index >= 15 is 0 Å². The van der Waals surface area contributed by atoms with Crippen LogP contribution in [0.25, 0.3) is 0 Å². The number of amides is 1. The summed E-state index contributed by atoms with van der Waals surface area (Å²) in [4.78, 5) is 15.6. The first-order valence-electron chi connectivity index (χ1n) is 5.98. The van der Waals surface area contributed by atoms with Gasteiger partial charge in [0.1, 0.15) is 23.0 Å². The number of thioether (sulfide) groups is 1. The highest BCUT2D eigenvalue weighted by molar-refractivity contribution is 8.00.